The molecule has 0 saturated heterocycles. The van der Waals surface area contributed by atoms with E-state index in [9.17, 15) is 14.3 Å². The number of anilines is 1. The van der Waals surface area contributed by atoms with Crippen molar-refractivity contribution >= 4 is 11.7 Å². The third-order valence-corrected chi connectivity index (χ3v) is 3.10. The lowest BCUT2D eigenvalue weighted by Gasteiger charge is -2.24. The molecule has 0 atom stereocenters. The molecule has 0 heterocycles. The van der Waals surface area contributed by atoms with Crippen molar-refractivity contribution in [2.24, 2.45) is 0 Å². The van der Waals surface area contributed by atoms with E-state index >= 15 is 0 Å². The van der Waals surface area contributed by atoms with E-state index in [2.05, 4.69) is 0 Å². The number of para-hydroxylation sites is 1. The molecule has 0 aliphatic heterocycles. The van der Waals surface area contributed by atoms with Crippen LogP contribution in [-0.2, 0) is 11.3 Å². The predicted molar refractivity (Wildman–Crippen MR) is 77.8 cm³/mol. The van der Waals surface area contributed by atoms with Crippen LogP contribution in [0.2, 0.25) is 0 Å². The molecule has 0 spiro atoms. The van der Waals surface area contributed by atoms with Gasteiger partial charge in [0.1, 0.15) is 0 Å². The van der Waals surface area contributed by atoms with Gasteiger partial charge in [-0.15, -0.1) is 0 Å². The summed E-state index contributed by atoms with van der Waals surface area (Å²) in [7, 11) is 0. The predicted octanol–water partition coefficient (Wildman–Crippen LogP) is 3.01. The fourth-order valence-corrected chi connectivity index (χ4v) is 2.04. The van der Waals surface area contributed by atoms with Crippen LogP contribution in [0.25, 0.3) is 0 Å². The van der Waals surface area contributed by atoms with Gasteiger partial charge in [0.15, 0.2) is 11.6 Å². The quantitative estimate of drug-likeness (QED) is 0.858. The van der Waals surface area contributed by atoms with Crippen molar-refractivity contribution in [2.75, 3.05) is 11.4 Å². The number of benzene rings is 2. The maximum atomic E-state index is 13.4. The van der Waals surface area contributed by atoms with Gasteiger partial charge < -0.3 is 15.1 Å². The number of aliphatic carboxylic acids is 1. The maximum absolute atomic E-state index is 13.4. The molecule has 0 fully saturated rings. The largest absolute Gasteiger partial charge is 0.505 e. The van der Waals surface area contributed by atoms with Gasteiger partial charge in [0.05, 0.1) is 6.42 Å². The number of halogens is 1. The molecule has 21 heavy (non-hydrogen) atoms. The summed E-state index contributed by atoms with van der Waals surface area (Å²) in [6.45, 7) is 0.691. The summed E-state index contributed by atoms with van der Waals surface area (Å²) in [6.07, 6.45) is -0.00450. The van der Waals surface area contributed by atoms with Gasteiger partial charge in [-0.05, 0) is 29.8 Å². The Kier molecular flexibility index (Phi) is 4.77. The second-order valence-electron chi connectivity index (χ2n) is 4.69. The summed E-state index contributed by atoms with van der Waals surface area (Å²) in [5.74, 6) is -1.96. The fourth-order valence-electron chi connectivity index (χ4n) is 2.04. The van der Waals surface area contributed by atoms with Crippen LogP contribution in [0.3, 0.4) is 0 Å². The molecule has 2 N–H and O–H groups in total. The second kappa shape index (κ2) is 6.74. The van der Waals surface area contributed by atoms with Crippen molar-refractivity contribution in [1.82, 2.24) is 0 Å². The third kappa shape index (κ3) is 4.21. The smallest absolute Gasteiger partial charge is 0.305 e. The van der Waals surface area contributed by atoms with Crippen LogP contribution < -0.4 is 4.90 Å². The molecule has 4 nitrogen and oxygen atoms in total. The van der Waals surface area contributed by atoms with Crippen molar-refractivity contribution < 1.29 is 19.4 Å². The number of nitrogens with zero attached hydrogens (tertiary/aromatic N) is 1. The Balaban J connectivity index is 2.18. The van der Waals surface area contributed by atoms with E-state index in [1.165, 1.54) is 12.1 Å². The number of carbonyl (C=O) groups is 1. The van der Waals surface area contributed by atoms with Crippen molar-refractivity contribution in [1.29, 1.82) is 0 Å². The van der Waals surface area contributed by atoms with E-state index in [-0.39, 0.29) is 6.42 Å². The number of phenolic OH excluding ortho intramolecular Hbond substituents is 1. The van der Waals surface area contributed by atoms with Gasteiger partial charge in [-0.25, -0.2) is 4.39 Å². The summed E-state index contributed by atoms with van der Waals surface area (Å²) in [6, 6.07) is 13.5. The highest BCUT2D eigenvalue weighted by molar-refractivity contribution is 5.67. The third-order valence-electron chi connectivity index (χ3n) is 3.10. The van der Waals surface area contributed by atoms with Crippen molar-refractivity contribution in [3.63, 3.8) is 0 Å². The number of hydrogen-bond acceptors (Lipinski definition) is 3. The van der Waals surface area contributed by atoms with Gasteiger partial charge >= 0.3 is 5.97 Å². The van der Waals surface area contributed by atoms with Gasteiger partial charge in [0.25, 0.3) is 0 Å². The Morgan fingerprint density at radius 1 is 1.14 bits per heavy atom. The summed E-state index contributed by atoms with van der Waals surface area (Å²) in [5, 5.41) is 18.0. The summed E-state index contributed by atoms with van der Waals surface area (Å²) >= 11 is 0. The second-order valence-corrected chi connectivity index (χ2v) is 4.69. The molecule has 0 aliphatic carbocycles. The van der Waals surface area contributed by atoms with Crippen LogP contribution in [0, 0.1) is 5.82 Å². The van der Waals surface area contributed by atoms with Gasteiger partial charge in [-0.1, -0.05) is 24.3 Å². The normalized spacial score (nSPS) is 10.3. The first-order valence-corrected chi connectivity index (χ1v) is 6.55. The highest BCUT2D eigenvalue weighted by Gasteiger charge is 2.11. The Labute approximate surface area is 122 Å². The molecule has 2 aromatic rings. The SMILES string of the molecule is O=C(O)CCN(Cc1ccc(O)c(F)c1)c1ccccc1. The average Bonchev–Trinajstić information content (AvgIpc) is 2.48. The molecule has 0 radical (unpaired) electrons. The monoisotopic (exact) mass is 289 g/mol. The Morgan fingerprint density at radius 3 is 2.48 bits per heavy atom. The first-order chi connectivity index (χ1) is 10.1. The molecule has 0 aliphatic rings. The molecule has 0 amide bonds. The van der Waals surface area contributed by atoms with Crippen molar-refractivity contribution in [2.45, 2.75) is 13.0 Å². The molecular formula is C16H16FNO3. The van der Waals surface area contributed by atoms with Crippen LogP contribution in [0.4, 0.5) is 10.1 Å². The van der Waals surface area contributed by atoms with Crippen LogP contribution in [0.15, 0.2) is 48.5 Å². The topological polar surface area (TPSA) is 60.8 Å². The fraction of sp³-hybridized carbons (Fsp3) is 0.188. The average molecular weight is 289 g/mol. The highest BCUT2D eigenvalue weighted by Crippen LogP contribution is 2.21. The van der Waals surface area contributed by atoms with Crippen molar-refractivity contribution in [3.05, 3.63) is 59.9 Å². The summed E-state index contributed by atoms with van der Waals surface area (Å²) in [5.41, 5.74) is 1.53. The Hall–Kier alpha value is -2.56. The van der Waals surface area contributed by atoms with E-state index in [1.807, 2.05) is 35.2 Å². The van der Waals surface area contributed by atoms with Gasteiger partial charge in [-0.3, -0.25) is 4.79 Å². The highest BCUT2D eigenvalue weighted by atomic mass is 19.1. The van der Waals surface area contributed by atoms with Crippen LogP contribution in [-0.4, -0.2) is 22.7 Å². The Bertz CT molecular complexity index is 616. The molecule has 2 aromatic carbocycles. The molecule has 110 valence electrons. The molecule has 5 heteroatoms. The Morgan fingerprint density at radius 2 is 1.86 bits per heavy atom. The lowest BCUT2D eigenvalue weighted by Crippen LogP contribution is -2.25. The van der Waals surface area contributed by atoms with Crippen LogP contribution in [0.1, 0.15) is 12.0 Å². The molecule has 0 bridgehead atoms. The summed E-state index contributed by atoms with van der Waals surface area (Å²) < 4.78 is 13.4. The lowest BCUT2D eigenvalue weighted by molar-refractivity contribution is -0.136. The standard InChI is InChI=1S/C16H16FNO3/c17-14-10-12(6-7-15(14)19)11-18(9-8-16(20)21)13-4-2-1-3-5-13/h1-7,10,19H,8-9,11H2,(H,20,21). The number of aromatic hydroxyl groups is 1. The molecular weight excluding hydrogens is 273 g/mol. The van der Waals surface area contributed by atoms with Gasteiger partial charge in [0, 0.05) is 18.8 Å². The first-order valence-electron chi connectivity index (χ1n) is 6.55. The lowest BCUT2D eigenvalue weighted by atomic mass is 10.1. The molecule has 2 rings (SSSR count). The van der Waals surface area contributed by atoms with E-state index < -0.39 is 17.5 Å². The zero-order valence-corrected chi connectivity index (χ0v) is 11.4. The zero-order chi connectivity index (χ0) is 15.2. The molecule has 0 unspecified atom stereocenters. The van der Waals surface area contributed by atoms with E-state index in [1.54, 1.807) is 6.07 Å². The van der Waals surface area contributed by atoms with Crippen LogP contribution in [0.5, 0.6) is 5.75 Å². The van der Waals surface area contributed by atoms with Crippen LogP contribution >= 0.6 is 0 Å². The van der Waals surface area contributed by atoms with E-state index in [0.717, 1.165) is 5.69 Å². The van der Waals surface area contributed by atoms with E-state index in [0.29, 0.717) is 18.7 Å². The summed E-state index contributed by atoms with van der Waals surface area (Å²) in [4.78, 5) is 12.6. The number of carboxylic acid groups (broad SMARTS) is 1. The maximum Gasteiger partial charge on any atom is 0.305 e. The number of rotatable bonds is 6. The van der Waals surface area contributed by atoms with Gasteiger partial charge in [0.2, 0.25) is 0 Å². The number of hydrogen-bond donors (Lipinski definition) is 2. The van der Waals surface area contributed by atoms with E-state index in [4.69, 9.17) is 5.11 Å². The minimum absolute atomic E-state index is 0.00450. The minimum Gasteiger partial charge on any atom is -0.505 e. The molecule has 0 aromatic heterocycles. The first kappa shape index (κ1) is 14.8. The molecule has 0 saturated carbocycles. The van der Waals surface area contributed by atoms with Crippen molar-refractivity contribution in [3.8, 4) is 5.75 Å². The number of phenols is 1. The minimum atomic E-state index is -0.882. The number of carboxylic acids is 1. The zero-order valence-electron chi connectivity index (χ0n) is 11.4. The van der Waals surface area contributed by atoms with Gasteiger partial charge in [-0.2, -0.15) is 0 Å².